The molecule has 1 aromatic rings. The molecule has 2 rings (SSSR count). The van der Waals surface area contributed by atoms with Crippen LogP contribution in [-0.2, 0) is 4.74 Å². The summed E-state index contributed by atoms with van der Waals surface area (Å²) in [5, 5.41) is 14.4. The van der Waals surface area contributed by atoms with Gasteiger partial charge in [-0.3, -0.25) is 10.1 Å². The lowest BCUT2D eigenvalue weighted by molar-refractivity contribution is -0.384. The molecule has 0 aromatic carbocycles. The molecule has 2 N–H and O–H groups in total. The molecule has 1 unspecified atom stereocenters. The van der Waals surface area contributed by atoms with Gasteiger partial charge in [-0.15, -0.1) is 0 Å². The van der Waals surface area contributed by atoms with E-state index in [1.807, 2.05) is 0 Å². The maximum atomic E-state index is 10.5. The molecule has 0 saturated carbocycles. The fourth-order valence-corrected chi connectivity index (χ4v) is 1.51. The van der Waals surface area contributed by atoms with Crippen LogP contribution in [0, 0.1) is 10.1 Å². The highest BCUT2D eigenvalue weighted by Crippen LogP contribution is 2.27. The van der Waals surface area contributed by atoms with E-state index in [9.17, 15) is 10.1 Å². The number of nitrogens with zero attached hydrogens (tertiary/aromatic N) is 3. The van der Waals surface area contributed by atoms with Gasteiger partial charge in [-0.25, -0.2) is 4.68 Å². The summed E-state index contributed by atoms with van der Waals surface area (Å²) in [7, 11) is 0. The van der Waals surface area contributed by atoms with Crippen molar-refractivity contribution in [2.24, 2.45) is 0 Å². The first-order valence-electron chi connectivity index (χ1n) is 4.25. The van der Waals surface area contributed by atoms with Gasteiger partial charge in [0, 0.05) is 6.61 Å². The molecular formula is C7H10N4O3. The second kappa shape index (κ2) is 3.26. The lowest BCUT2D eigenvalue weighted by Crippen LogP contribution is -2.13. The Bertz CT molecular complexity index is 356. The van der Waals surface area contributed by atoms with Gasteiger partial charge in [-0.2, -0.15) is 5.10 Å². The van der Waals surface area contributed by atoms with E-state index in [-0.39, 0.29) is 17.5 Å². The van der Waals surface area contributed by atoms with Crippen LogP contribution in [-0.4, -0.2) is 27.9 Å². The minimum Gasteiger partial charge on any atom is -0.379 e. The summed E-state index contributed by atoms with van der Waals surface area (Å²) in [6.07, 6.45) is 1.97. The molecule has 0 bridgehead atoms. The molecule has 1 atom stereocenters. The number of rotatable bonds is 2. The molecule has 0 radical (unpaired) electrons. The lowest BCUT2D eigenvalue weighted by atomic mass is 10.3. The van der Waals surface area contributed by atoms with Gasteiger partial charge < -0.3 is 10.5 Å². The standard InChI is InChI=1S/C7H10N4O3/c8-7-6(11(12)13)3-9-10(7)5-1-2-14-4-5/h3,5H,1-2,4,8H2. The topological polar surface area (TPSA) is 96.2 Å². The van der Waals surface area contributed by atoms with Crippen molar-refractivity contribution in [2.45, 2.75) is 12.5 Å². The van der Waals surface area contributed by atoms with E-state index in [0.29, 0.717) is 13.2 Å². The number of anilines is 1. The van der Waals surface area contributed by atoms with Crippen LogP contribution in [0.5, 0.6) is 0 Å². The summed E-state index contributed by atoms with van der Waals surface area (Å²) in [5.74, 6) is 0.102. The third-order valence-corrected chi connectivity index (χ3v) is 2.26. The quantitative estimate of drug-likeness (QED) is 0.545. The zero-order valence-corrected chi connectivity index (χ0v) is 7.42. The number of ether oxygens (including phenoxy) is 1. The van der Waals surface area contributed by atoms with E-state index < -0.39 is 4.92 Å². The largest absolute Gasteiger partial charge is 0.379 e. The zero-order valence-electron chi connectivity index (χ0n) is 7.42. The maximum Gasteiger partial charge on any atom is 0.330 e. The van der Waals surface area contributed by atoms with Gasteiger partial charge in [0.25, 0.3) is 0 Å². The van der Waals surface area contributed by atoms with Crippen LogP contribution >= 0.6 is 0 Å². The molecule has 7 nitrogen and oxygen atoms in total. The van der Waals surface area contributed by atoms with E-state index in [4.69, 9.17) is 10.5 Å². The number of hydrogen-bond acceptors (Lipinski definition) is 5. The van der Waals surface area contributed by atoms with Gasteiger partial charge >= 0.3 is 5.69 Å². The normalized spacial score (nSPS) is 21.3. The molecular weight excluding hydrogens is 188 g/mol. The van der Waals surface area contributed by atoms with Crippen molar-refractivity contribution in [1.82, 2.24) is 9.78 Å². The van der Waals surface area contributed by atoms with Gasteiger partial charge in [0.05, 0.1) is 17.6 Å². The lowest BCUT2D eigenvalue weighted by Gasteiger charge is -2.08. The van der Waals surface area contributed by atoms with Crippen LogP contribution in [0.4, 0.5) is 11.5 Å². The Labute approximate surface area is 79.6 Å². The Kier molecular flexibility index (Phi) is 2.08. The summed E-state index contributed by atoms with van der Waals surface area (Å²) in [5.41, 5.74) is 5.45. The van der Waals surface area contributed by atoms with Crippen LogP contribution < -0.4 is 5.73 Å². The summed E-state index contributed by atoms with van der Waals surface area (Å²) >= 11 is 0. The number of nitrogen functional groups attached to an aromatic ring is 1. The summed E-state index contributed by atoms with van der Waals surface area (Å²) in [4.78, 5) is 9.96. The number of aromatic nitrogens is 2. The molecule has 1 saturated heterocycles. The highest BCUT2D eigenvalue weighted by atomic mass is 16.6. The fourth-order valence-electron chi connectivity index (χ4n) is 1.51. The Morgan fingerprint density at radius 3 is 3.07 bits per heavy atom. The Hall–Kier alpha value is -1.63. The molecule has 14 heavy (non-hydrogen) atoms. The highest BCUT2D eigenvalue weighted by molar-refractivity contribution is 5.51. The van der Waals surface area contributed by atoms with E-state index in [0.717, 1.165) is 6.42 Å². The molecule has 0 spiro atoms. The number of hydrogen-bond donors (Lipinski definition) is 1. The summed E-state index contributed by atoms with van der Waals surface area (Å²) in [6.45, 7) is 1.17. The fraction of sp³-hybridized carbons (Fsp3) is 0.571. The molecule has 1 aliphatic heterocycles. The second-order valence-electron chi connectivity index (χ2n) is 3.13. The third-order valence-electron chi connectivity index (χ3n) is 2.26. The smallest absolute Gasteiger partial charge is 0.330 e. The summed E-state index contributed by atoms with van der Waals surface area (Å²) in [6, 6.07) is 0.0312. The average Bonchev–Trinajstić information content (AvgIpc) is 2.71. The Morgan fingerprint density at radius 2 is 2.57 bits per heavy atom. The highest BCUT2D eigenvalue weighted by Gasteiger charge is 2.25. The van der Waals surface area contributed by atoms with Gasteiger partial charge in [0.15, 0.2) is 0 Å². The predicted molar refractivity (Wildman–Crippen MR) is 47.8 cm³/mol. The Morgan fingerprint density at radius 1 is 1.79 bits per heavy atom. The van der Waals surface area contributed by atoms with E-state index in [1.165, 1.54) is 10.9 Å². The van der Waals surface area contributed by atoms with Crippen LogP contribution in [0.15, 0.2) is 6.20 Å². The molecule has 1 fully saturated rings. The van der Waals surface area contributed by atoms with Crippen molar-refractivity contribution < 1.29 is 9.66 Å². The molecule has 7 heteroatoms. The first-order valence-corrected chi connectivity index (χ1v) is 4.25. The second-order valence-corrected chi connectivity index (χ2v) is 3.13. The van der Waals surface area contributed by atoms with Gasteiger partial charge in [0.1, 0.15) is 6.20 Å². The SMILES string of the molecule is Nc1c([N+](=O)[O-])cnn1C1CCOC1. The van der Waals surface area contributed by atoms with Crippen molar-refractivity contribution in [2.75, 3.05) is 18.9 Å². The third kappa shape index (κ3) is 1.31. The number of nitro groups is 1. The minimum absolute atomic E-state index is 0.0312. The van der Waals surface area contributed by atoms with Gasteiger partial charge in [-0.05, 0) is 6.42 Å². The van der Waals surface area contributed by atoms with E-state index in [1.54, 1.807) is 0 Å². The average molecular weight is 198 g/mol. The monoisotopic (exact) mass is 198 g/mol. The van der Waals surface area contributed by atoms with Crippen molar-refractivity contribution in [1.29, 1.82) is 0 Å². The maximum absolute atomic E-state index is 10.5. The van der Waals surface area contributed by atoms with Crippen molar-refractivity contribution in [3.63, 3.8) is 0 Å². The molecule has 76 valence electrons. The van der Waals surface area contributed by atoms with Crippen molar-refractivity contribution >= 4 is 11.5 Å². The van der Waals surface area contributed by atoms with Crippen LogP contribution in [0.3, 0.4) is 0 Å². The Balaban J connectivity index is 2.30. The van der Waals surface area contributed by atoms with Crippen LogP contribution in [0.25, 0.3) is 0 Å². The minimum atomic E-state index is -0.533. The first-order chi connectivity index (χ1) is 6.70. The van der Waals surface area contributed by atoms with Crippen LogP contribution in [0.1, 0.15) is 12.5 Å². The molecule has 2 heterocycles. The van der Waals surface area contributed by atoms with Gasteiger partial charge in [0.2, 0.25) is 5.82 Å². The van der Waals surface area contributed by atoms with Crippen LogP contribution in [0.2, 0.25) is 0 Å². The molecule has 0 aliphatic carbocycles. The number of nitrogens with two attached hydrogens (primary N) is 1. The van der Waals surface area contributed by atoms with E-state index in [2.05, 4.69) is 5.10 Å². The van der Waals surface area contributed by atoms with E-state index >= 15 is 0 Å². The predicted octanol–water partition coefficient (Wildman–Crippen LogP) is 0.335. The first kappa shape index (κ1) is 8.95. The van der Waals surface area contributed by atoms with Crippen molar-refractivity contribution in [3.8, 4) is 0 Å². The molecule has 1 aromatic heterocycles. The summed E-state index contributed by atoms with van der Waals surface area (Å²) < 4.78 is 6.61. The zero-order chi connectivity index (χ0) is 10.1. The molecule has 1 aliphatic rings. The van der Waals surface area contributed by atoms with Gasteiger partial charge in [-0.1, -0.05) is 0 Å². The molecule has 0 amide bonds. The van der Waals surface area contributed by atoms with Crippen molar-refractivity contribution in [3.05, 3.63) is 16.3 Å².